The topological polar surface area (TPSA) is 166 Å². The summed E-state index contributed by atoms with van der Waals surface area (Å²) < 4.78 is 66.3. The number of nitrogens with one attached hydrogen (secondary N) is 2. The van der Waals surface area contributed by atoms with E-state index in [2.05, 4.69) is 20.0 Å². The van der Waals surface area contributed by atoms with Crippen molar-refractivity contribution in [3.05, 3.63) is 71.9 Å². The molecule has 1 fully saturated rings. The average molecular weight is 697 g/mol. The number of hydrogen-bond acceptors (Lipinski definition) is 9. The summed E-state index contributed by atoms with van der Waals surface area (Å²) in [7, 11) is -3.17. The van der Waals surface area contributed by atoms with Crippen molar-refractivity contribution in [1.29, 1.82) is 0 Å². The Labute approximate surface area is 283 Å². The number of rotatable bonds is 11. The average Bonchev–Trinajstić information content (AvgIpc) is 3.06. The molecule has 1 saturated heterocycles. The van der Waals surface area contributed by atoms with Crippen LogP contribution in [0.25, 0.3) is 22.0 Å². The maximum atomic E-state index is 14.3. The number of anilines is 2. The normalized spacial score (nSPS) is 13.8. The molecule has 4 N–H and O–H groups in total. The van der Waals surface area contributed by atoms with Gasteiger partial charge in [0.1, 0.15) is 28.0 Å². The molecule has 2 amide bonds. The summed E-state index contributed by atoms with van der Waals surface area (Å²) in [6, 6.07) is 10.5. The number of nitrogens with zero attached hydrogens (tertiary/aromatic N) is 3. The zero-order valence-electron chi connectivity index (χ0n) is 27.3. The Bertz CT molecular complexity index is 1970. The van der Waals surface area contributed by atoms with Crippen LogP contribution in [0.1, 0.15) is 43.5 Å². The first-order chi connectivity index (χ1) is 23.3. The first-order valence-electron chi connectivity index (χ1n) is 15.8. The van der Waals surface area contributed by atoms with E-state index < -0.39 is 32.6 Å². The van der Waals surface area contributed by atoms with E-state index >= 15 is 0 Å². The lowest BCUT2D eigenvalue weighted by Crippen LogP contribution is -2.39. The van der Waals surface area contributed by atoms with Crippen molar-refractivity contribution in [2.45, 2.75) is 38.0 Å². The molecule has 4 aromatic rings. The largest absolute Gasteiger partial charge is 0.480 e. The summed E-state index contributed by atoms with van der Waals surface area (Å²) in [6.07, 6.45) is 3.40. The van der Waals surface area contributed by atoms with E-state index in [9.17, 15) is 26.8 Å². The highest BCUT2D eigenvalue weighted by atomic mass is 32.2. The monoisotopic (exact) mass is 696 g/mol. The number of carbonyl (C=O) groups excluding carboxylic acids is 2. The molecule has 5 rings (SSSR count). The maximum absolute atomic E-state index is 14.3. The zero-order chi connectivity index (χ0) is 35.3. The number of benzene rings is 2. The molecule has 12 nitrogen and oxygen atoms in total. The van der Waals surface area contributed by atoms with E-state index in [1.807, 2.05) is 13.8 Å². The molecule has 2 aromatic heterocycles. The minimum Gasteiger partial charge on any atom is -0.480 e. The van der Waals surface area contributed by atoms with Crippen molar-refractivity contribution in [2.24, 2.45) is 11.8 Å². The predicted molar refractivity (Wildman–Crippen MR) is 181 cm³/mol. The van der Waals surface area contributed by atoms with Crippen LogP contribution in [0.2, 0.25) is 0 Å². The van der Waals surface area contributed by atoms with E-state index in [1.165, 1.54) is 19.4 Å². The summed E-state index contributed by atoms with van der Waals surface area (Å²) in [5.74, 6) is -1.74. The molecule has 0 aliphatic carbocycles. The minimum atomic E-state index is -4.47. The van der Waals surface area contributed by atoms with Gasteiger partial charge in [-0.1, -0.05) is 19.9 Å². The summed E-state index contributed by atoms with van der Waals surface area (Å²) >= 11 is 0. The molecule has 0 spiro atoms. The van der Waals surface area contributed by atoms with Crippen LogP contribution in [-0.2, 0) is 14.8 Å². The van der Waals surface area contributed by atoms with Crippen molar-refractivity contribution in [1.82, 2.24) is 20.2 Å². The number of methoxy groups -OCH3 is 1. The second-order valence-corrected chi connectivity index (χ2v) is 13.9. The van der Waals surface area contributed by atoms with Crippen LogP contribution in [0.4, 0.5) is 25.1 Å². The third kappa shape index (κ3) is 8.52. The second kappa shape index (κ2) is 15.0. The lowest BCUT2D eigenvalue weighted by Gasteiger charge is -2.32. The lowest BCUT2D eigenvalue weighted by atomic mass is 9.93. The van der Waals surface area contributed by atoms with Crippen LogP contribution in [-0.4, -0.2) is 68.6 Å². The molecular formula is C34H38F2N6O6S. The van der Waals surface area contributed by atoms with Gasteiger partial charge < -0.3 is 25.4 Å². The van der Waals surface area contributed by atoms with E-state index in [0.717, 1.165) is 31.4 Å². The fraction of sp³-hybridized carbons (Fsp3) is 0.353. The number of carbonyl (C=O) groups is 2. The van der Waals surface area contributed by atoms with Gasteiger partial charge in [0.25, 0.3) is 15.9 Å². The Kier molecular flexibility index (Phi) is 10.8. The number of aromatic nitrogens is 2. The SMILES string of the molecule is COc1ncc(-c2ccc3nc(N)c(C(=O)N4CCC(CCNC(=O)OCC(C)C)CC4)cc3c2)cc1NS(=O)(=O)c1ccc(F)cc1F. The zero-order valence-corrected chi connectivity index (χ0v) is 28.1. The maximum Gasteiger partial charge on any atom is 0.407 e. The summed E-state index contributed by atoms with van der Waals surface area (Å²) in [4.78, 5) is 35.0. The highest BCUT2D eigenvalue weighted by Gasteiger charge is 2.26. The number of ether oxygens (including phenoxy) is 2. The number of nitrogens with two attached hydrogens (primary N) is 1. The van der Waals surface area contributed by atoms with Crippen LogP contribution in [0.5, 0.6) is 5.88 Å². The number of piperidine rings is 1. The van der Waals surface area contributed by atoms with Gasteiger partial charge in [0.05, 0.1) is 24.8 Å². The predicted octanol–water partition coefficient (Wildman–Crippen LogP) is 5.59. The quantitative estimate of drug-likeness (QED) is 0.181. The Balaban J connectivity index is 1.30. The Hall–Kier alpha value is -5.05. The van der Waals surface area contributed by atoms with Gasteiger partial charge in [-0.3, -0.25) is 9.52 Å². The molecule has 0 bridgehead atoms. The first-order valence-corrected chi connectivity index (χ1v) is 17.3. The highest BCUT2D eigenvalue weighted by molar-refractivity contribution is 7.92. The van der Waals surface area contributed by atoms with Gasteiger partial charge in [-0.2, -0.15) is 0 Å². The molecule has 0 unspecified atom stereocenters. The Morgan fingerprint density at radius 3 is 2.51 bits per heavy atom. The number of fused-ring (bicyclic) bond motifs is 1. The van der Waals surface area contributed by atoms with Gasteiger partial charge in [-0.05, 0) is 73.1 Å². The van der Waals surface area contributed by atoms with Gasteiger partial charge in [-0.15, -0.1) is 0 Å². The van der Waals surface area contributed by atoms with Crippen LogP contribution >= 0.6 is 0 Å². The van der Waals surface area contributed by atoms with Gasteiger partial charge in [0, 0.05) is 42.8 Å². The highest BCUT2D eigenvalue weighted by Crippen LogP contribution is 2.33. The summed E-state index contributed by atoms with van der Waals surface area (Å²) in [5.41, 5.74) is 8.07. The molecule has 1 aliphatic heterocycles. The number of likely N-dealkylation sites (tertiary alicyclic amines) is 1. The fourth-order valence-electron chi connectivity index (χ4n) is 5.55. The molecule has 0 radical (unpaired) electrons. The molecule has 2 aromatic carbocycles. The molecular weight excluding hydrogens is 658 g/mol. The number of hydrogen-bond donors (Lipinski definition) is 3. The summed E-state index contributed by atoms with van der Waals surface area (Å²) in [6.45, 7) is 5.89. The van der Waals surface area contributed by atoms with Gasteiger partial charge in [0.15, 0.2) is 0 Å². The van der Waals surface area contributed by atoms with E-state index in [4.69, 9.17) is 15.2 Å². The number of halogens is 2. The summed E-state index contributed by atoms with van der Waals surface area (Å²) in [5, 5.41) is 3.40. The minimum absolute atomic E-state index is 0.0675. The van der Waals surface area contributed by atoms with Crippen LogP contribution in [0, 0.1) is 23.5 Å². The van der Waals surface area contributed by atoms with Crippen molar-refractivity contribution in [2.75, 3.05) is 43.8 Å². The Morgan fingerprint density at radius 1 is 1.06 bits per heavy atom. The number of pyridine rings is 2. The number of nitrogen functional groups attached to an aromatic ring is 1. The molecule has 15 heteroatoms. The molecule has 1 aliphatic rings. The third-order valence-electron chi connectivity index (χ3n) is 8.15. The fourth-order valence-corrected chi connectivity index (χ4v) is 6.66. The Morgan fingerprint density at radius 2 is 1.82 bits per heavy atom. The van der Waals surface area contributed by atoms with Gasteiger partial charge >= 0.3 is 6.09 Å². The third-order valence-corrected chi connectivity index (χ3v) is 9.55. The molecule has 0 atom stereocenters. The lowest BCUT2D eigenvalue weighted by molar-refractivity contribution is 0.0687. The number of sulfonamides is 1. The van der Waals surface area contributed by atoms with Crippen molar-refractivity contribution < 1.29 is 36.3 Å². The van der Waals surface area contributed by atoms with E-state index in [1.54, 1.807) is 29.2 Å². The van der Waals surface area contributed by atoms with Crippen LogP contribution in [0.3, 0.4) is 0 Å². The van der Waals surface area contributed by atoms with E-state index in [-0.39, 0.29) is 34.8 Å². The second-order valence-electron chi connectivity index (χ2n) is 12.2. The van der Waals surface area contributed by atoms with Crippen LogP contribution < -0.4 is 20.5 Å². The van der Waals surface area contributed by atoms with Gasteiger partial charge in [0.2, 0.25) is 5.88 Å². The first kappa shape index (κ1) is 35.3. The van der Waals surface area contributed by atoms with Crippen LogP contribution in [0.15, 0.2) is 59.6 Å². The van der Waals surface area contributed by atoms with Crippen molar-refractivity contribution >= 4 is 44.4 Å². The number of amides is 2. The smallest absolute Gasteiger partial charge is 0.407 e. The van der Waals surface area contributed by atoms with Gasteiger partial charge in [-0.25, -0.2) is 32.0 Å². The van der Waals surface area contributed by atoms with Crippen molar-refractivity contribution in [3.63, 3.8) is 0 Å². The molecule has 260 valence electrons. The number of alkyl carbamates (subject to hydrolysis) is 1. The van der Waals surface area contributed by atoms with E-state index in [0.29, 0.717) is 60.3 Å². The molecule has 3 heterocycles. The molecule has 49 heavy (non-hydrogen) atoms. The standard InChI is InChI=1S/C34H38F2N6O6S/c1-20(2)19-48-34(44)38-11-8-21-9-12-42(13-10-21)33(43)26-15-23-14-22(4-6-28(23)40-31(26)37)24-16-29(32(47-3)39-18-24)41-49(45,46)30-7-5-25(35)17-27(30)36/h4-7,14-18,20-21,41H,8-13,19H2,1-3H3,(H2,37,40)(H,38,44). The van der Waals surface area contributed by atoms with Crippen molar-refractivity contribution in [3.8, 4) is 17.0 Å². The molecule has 0 saturated carbocycles.